The zero-order valence-corrected chi connectivity index (χ0v) is 6.51. The van der Waals surface area contributed by atoms with Gasteiger partial charge in [-0.2, -0.15) is 0 Å². The van der Waals surface area contributed by atoms with E-state index in [-0.39, 0.29) is 0 Å². The molecule has 8 heavy (non-hydrogen) atoms. The van der Waals surface area contributed by atoms with Crippen molar-refractivity contribution in [1.29, 1.82) is 0 Å². The molecule has 0 aliphatic carbocycles. The molecule has 0 fully saturated rings. The van der Waals surface area contributed by atoms with E-state index in [1.54, 1.807) is 0 Å². The van der Waals surface area contributed by atoms with Crippen molar-refractivity contribution >= 4 is 15.6 Å². The van der Waals surface area contributed by atoms with Crippen LogP contribution in [0.4, 0.5) is 0 Å². The molecule has 0 radical (unpaired) electrons. The molecule has 0 saturated carbocycles. The Morgan fingerprint density at radius 3 is 2.38 bits per heavy atom. The lowest BCUT2D eigenvalue weighted by atomic mass is 11.8. The van der Waals surface area contributed by atoms with Crippen molar-refractivity contribution < 1.29 is 19.0 Å². The maximum absolute atomic E-state index is 10.3. The highest BCUT2D eigenvalue weighted by atomic mass is 32.1. The van der Waals surface area contributed by atoms with Crippen LogP contribution in [0.15, 0.2) is 0 Å². The molecule has 50 valence electrons. The van der Waals surface area contributed by atoms with Gasteiger partial charge in [-0.3, -0.25) is 4.57 Å². The van der Waals surface area contributed by atoms with Gasteiger partial charge in [0.1, 0.15) is 8.50 Å². The predicted molar refractivity (Wildman–Crippen MR) is 32.2 cm³/mol. The molecule has 2 atom stereocenters. The third-order valence-electron chi connectivity index (χ3n) is 0.290. The largest absolute Gasteiger partial charge is 0.340 e. The summed E-state index contributed by atoms with van der Waals surface area (Å²) >= 11 is 0. The minimum atomic E-state index is -3.00. The van der Waals surface area contributed by atoms with Crippen molar-refractivity contribution in [3.05, 3.63) is 0 Å². The average molecular weight is 158 g/mol. The zero-order valence-electron chi connectivity index (χ0n) is 4.62. The van der Waals surface area contributed by atoms with E-state index in [1.165, 1.54) is 13.8 Å². The smallest absolute Gasteiger partial charge is 0.243 e. The molecular formula is C2H8O4P2. The van der Waals surface area contributed by atoms with Crippen molar-refractivity contribution in [3.8, 4) is 0 Å². The Morgan fingerprint density at radius 2 is 2.25 bits per heavy atom. The van der Waals surface area contributed by atoms with Crippen molar-refractivity contribution in [2.45, 2.75) is 0 Å². The molecule has 0 aliphatic rings. The summed E-state index contributed by atoms with van der Waals surface area (Å²) in [5.74, 6) is 0. The van der Waals surface area contributed by atoms with Crippen LogP contribution in [-0.2, 0) is 14.1 Å². The molecular weight excluding hydrogens is 150 g/mol. The van der Waals surface area contributed by atoms with Crippen LogP contribution < -0.4 is 0 Å². The lowest BCUT2D eigenvalue weighted by Crippen LogP contribution is -1.73. The van der Waals surface area contributed by atoms with E-state index in [0.717, 1.165) is 0 Å². The lowest BCUT2D eigenvalue weighted by molar-refractivity contribution is -0.163. The van der Waals surface area contributed by atoms with Gasteiger partial charge in [0, 0.05) is 6.66 Å². The average Bonchev–Trinajstić information content (AvgIpc) is 1.59. The van der Waals surface area contributed by atoms with Crippen molar-refractivity contribution in [3.63, 3.8) is 0 Å². The number of rotatable bonds is 3. The lowest BCUT2D eigenvalue weighted by Gasteiger charge is -2.00. The predicted octanol–water partition coefficient (Wildman–Crippen LogP) is 0.973. The first kappa shape index (κ1) is 8.54. The molecule has 0 aromatic heterocycles. The van der Waals surface area contributed by atoms with E-state index >= 15 is 0 Å². The zero-order chi connectivity index (χ0) is 6.62. The van der Waals surface area contributed by atoms with Crippen molar-refractivity contribution in [1.82, 2.24) is 0 Å². The van der Waals surface area contributed by atoms with Crippen LogP contribution in [0, 0.1) is 0 Å². The maximum Gasteiger partial charge on any atom is 0.243 e. The van der Waals surface area contributed by atoms with Crippen LogP contribution in [0.25, 0.3) is 0 Å². The van der Waals surface area contributed by atoms with Gasteiger partial charge in [0.05, 0.1) is 7.11 Å². The SMILES string of the molecule is COOPP(C)(=O)O. The van der Waals surface area contributed by atoms with Gasteiger partial charge >= 0.3 is 0 Å². The Balaban J connectivity index is 3.26. The monoisotopic (exact) mass is 158 g/mol. The molecule has 0 aromatic carbocycles. The molecule has 4 nitrogen and oxygen atoms in total. The highest BCUT2D eigenvalue weighted by molar-refractivity contribution is 8.19. The van der Waals surface area contributed by atoms with E-state index in [2.05, 4.69) is 9.56 Å². The second-order valence-corrected chi connectivity index (χ2v) is 6.36. The summed E-state index contributed by atoms with van der Waals surface area (Å²) in [5.41, 5.74) is 0. The quantitative estimate of drug-likeness (QED) is 0.377. The Hall–Kier alpha value is 0.540. The van der Waals surface area contributed by atoms with Gasteiger partial charge in [0.25, 0.3) is 0 Å². The molecule has 0 heterocycles. The summed E-state index contributed by atoms with van der Waals surface area (Å²) in [6, 6.07) is 0. The maximum atomic E-state index is 10.3. The second kappa shape index (κ2) is 3.54. The molecule has 1 N–H and O–H groups in total. The third kappa shape index (κ3) is 6.54. The van der Waals surface area contributed by atoms with Crippen LogP contribution >= 0.6 is 15.6 Å². The highest BCUT2D eigenvalue weighted by Gasteiger charge is 2.09. The van der Waals surface area contributed by atoms with Gasteiger partial charge in [-0.1, -0.05) is 0 Å². The van der Waals surface area contributed by atoms with E-state index in [0.29, 0.717) is 0 Å². The standard InChI is InChI=1S/C2H8O4P2/c1-5-6-7-8(2,3)4/h7H,1-2H3,(H,3,4). The molecule has 0 bridgehead atoms. The molecule has 0 aliphatic heterocycles. The number of hydrogen-bond donors (Lipinski definition) is 1. The van der Waals surface area contributed by atoms with E-state index in [4.69, 9.17) is 4.89 Å². The van der Waals surface area contributed by atoms with Gasteiger partial charge < -0.3 is 4.89 Å². The highest BCUT2D eigenvalue weighted by Crippen LogP contribution is 2.57. The van der Waals surface area contributed by atoms with Gasteiger partial charge in [-0.15, -0.1) is 0 Å². The van der Waals surface area contributed by atoms with Gasteiger partial charge in [0.15, 0.2) is 0 Å². The number of hydrogen-bond acceptors (Lipinski definition) is 3. The molecule has 6 heteroatoms. The minimum Gasteiger partial charge on any atom is -0.340 e. The van der Waals surface area contributed by atoms with Crippen LogP contribution in [0.5, 0.6) is 0 Å². The van der Waals surface area contributed by atoms with Gasteiger partial charge in [-0.05, 0) is 0 Å². The Kier molecular flexibility index (Phi) is 3.78. The molecule has 0 aromatic rings. The van der Waals surface area contributed by atoms with E-state index < -0.39 is 15.6 Å². The molecule has 2 unspecified atom stereocenters. The van der Waals surface area contributed by atoms with Crippen molar-refractivity contribution in [2.75, 3.05) is 13.8 Å². The fraction of sp³-hybridized carbons (Fsp3) is 1.00. The van der Waals surface area contributed by atoms with Crippen molar-refractivity contribution in [2.24, 2.45) is 0 Å². The van der Waals surface area contributed by atoms with Crippen LogP contribution in [0.2, 0.25) is 0 Å². The fourth-order valence-corrected chi connectivity index (χ4v) is 0.958. The Morgan fingerprint density at radius 1 is 1.75 bits per heavy atom. The minimum absolute atomic E-state index is 0.470. The topological polar surface area (TPSA) is 55.8 Å². The summed E-state index contributed by atoms with van der Waals surface area (Å²) < 4.78 is 14.5. The molecule has 0 saturated heterocycles. The third-order valence-corrected chi connectivity index (χ3v) is 2.11. The van der Waals surface area contributed by atoms with E-state index in [1.807, 2.05) is 0 Å². The summed E-state index contributed by atoms with van der Waals surface area (Å²) in [4.78, 5) is 12.6. The molecule has 0 spiro atoms. The summed E-state index contributed by atoms with van der Waals surface area (Å²) in [6.45, 7) is 1.21. The normalized spacial score (nSPS) is 19.4. The van der Waals surface area contributed by atoms with Gasteiger partial charge in [0.2, 0.25) is 7.06 Å². The van der Waals surface area contributed by atoms with Crippen LogP contribution in [-0.4, -0.2) is 18.7 Å². The summed E-state index contributed by atoms with van der Waals surface area (Å²) in [5, 5.41) is 0. The summed E-state index contributed by atoms with van der Waals surface area (Å²) in [6.07, 6.45) is 0. The Labute approximate surface area is 49.3 Å². The van der Waals surface area contributed by atoms with Gasteiger partial charge in [-0.25, -0.2) is 9.56 Å². The second-order valence-electron chi connectivity index (χ2n) is 1.22. The molecule has 0 amide bonds. The first-order valence-electron chi connectivity index (χ1n) is 1.83. The Bertz CT molecular complexity index is 96.2. The van der Waals surface area contributed by atoms with E-state index in [9.17, 15) is 4.57 Å². The first-order valence-corrected chi connectivity index (χ1v) is 5.69. The van der Waals surface area contributed by atoms with Crippen LogP contribution in [0.1, 0.15) is 0 Å². The summed E-state index contributed by atoms with van der Waals surface area (Å²) in [7, 11) is -2.18. The van der Waals surface area contributed by atoms with Crippen LogP contribution in [0.3, 0.4) is 0 Å². The first-order chi connectivity index (χ1) is 3.56. The fourth-order valence-electron chi connectivity index (χ4n) is 0.106. The molecule has 0 rings (SSSR count).